The van der Waals surface area contributed by atoms with Gasteiger partial charge in [-0.1, -0.05) is 91.0 Å². The number of nitrogens with zero attached hydrogens (tertiary/aromatic N) is 3. The third kappa shape index (κ3) is 2.97. The Morgan fingerprint density at radius 1 is 0.575 bits per heavy atom. The summed E-state index contributed by atoms with van der Waals surface area (Å²) < 4.78 is 4.51. The number of aromatic nitrogens is 2. The highest BCUT2D eigenvalue weighted by Crippen LogP contribution is 2.41. The number of fused-ring (bicyclic) bond motifs is 8. The van der Waals surface area contributed by atoms with Gasteiger partial charge in [0.25, 0.3) is 0 Å². The summed E-state index contributed by atoms with van der Waals surface area (Å²) >= 11 is 0. The van der Waals surface area contributed by atoms with Gasteiger partial charge in [-0.2, -0.15) is 5.26 Å². The number of nitrogens with one attached hydrogen (secondary N) is 1. The first-order chi connectivity index (χ1) is 19.8. The van der Waals surface area contributed by atoms with Crippen molar-refractivity contribution in [3.63, 3.8) is 0 Å². The molecule has 186 valence electrons. The molecule has 0 unspecified atom stereocenters. The standard InChI is InChI=1S/C36H22N4/c37-21-23-19-25(22-38)35(39-31-14-6-3-11-27(31)28-12-4-7-15-32(28)39)34(20-23)40-33-16-8-5-13-29(33)30-18-17-24-9-1-2-10-26(24)36(30)40/h1-21,37H. The summed E-state index contributed by atoms with van der Waals surface area (Å²) in [5.41, 5.74) is 7.10. The van der Waals surface area contributed by atoms with Gasteiger partial charge in [-0.25, -0.2) is 0 Å². The van der Waals surface area contributed by atoms with Crippen LogP contribution in [0, 0.1) is 16.7 Å². The maximum atomic E-state index is 10.6. The zero-order chi connectivity index (χ0) is 26.8. The molecule has 0 spiro atoms. The van der Waals surface area contributed by atoms with Crippen molar-refractivity contribution in [1.82, 2.24) is 9.13 Å². The largest absolute Gasteiger partial charge is 0.308 e. The maximum Gasteiger partial charge on any atom is 0.101 e. The lowest BCUT2D eigenvalue weighted by Gasteiger charge is -2.19. The zero-order valence-electron chi connectivity index (χ0n) is 21.5. The van der Waals surface area contributed by atoms with Gasteiger partial charge in [0.15, 0.2) is 0 Å². The number of nitriles is 1. The average molecular weight is 511 g/mol. The molecule has 2 aromatic heterocycles. The first-order valence-electron chi connectivity index (χ1n) is 13.3. The fourth-order valence-electron chi connectivity index (χ4n) is 6.36. The topological polar surface area (TPSA) is 57.5 Å². The van der Waals surface area contributed by atoms with Crippen LogP contribution in [-0.4, -0.2) is 15.3 Å². The summed E-state index contributed by atoms with van der Waals surface area (Å²) in [4.78, 5) is 0. The molecule has 1 N–H and O–H groups in total. The van der Waals surface area contributed by atoms with Gasteiger partial charge in [-0.15, -0.1) is 0 Å². The summed E-state index contributed by atoms with van der Waals surface area (Å²) in [6.07, 6.45) is 1.33. The van der Waals surface area contributed by atoms with Crippen LogP contribution in [0.1, 0.15) is 11.1 Å². The van der Waals surface area contributed by atoms with E-state index >= 15 is 0 Å². The van der Waals surface area contributed by atoms with Crippen molar-refractivity contribution in [1.29, 1.82) is 10.7 Å². The number of para-hydroxylation sites is 3. The van der Waals surface area contributed by atoms with Gasteiger partial charge in [0.1, 0.15) is 6.07 Å². The minimum atomic E-state index is 0.522. The lowest BCUT2D eigenvalue weighted by Crippen LogP contribution is -2.07. The first-order valence-corrected chi connectivity index (χ1v) is 13.3. The fourth-order valence-corrected chi connectivity index (χ4v) is 6.36. The molecule has 0 aliphatic heterocycles. The van der Waals surface area contributed by atoms with Gasteiger partial charge in [0, 0.05) is 33.1 Å². The van der Waals surface area contributed by atoms with Crippen LogP contribution in [0.15, 0.2) is 121 Å². The van der Waals surface area contributed by atoms with Crippen molar-refractivity contribution in [3.8, 4) is 17.4 Å². The van der Waals surface area contributed by atoms with Gasteiger partial charge in [0.05, 0.1) is 39.0 Å². The summed E-state index contributed by atoms with van der Waals surface area (Å²) in [7, 11) is 0. The molecule has 4 heteroatoms. The van der Waals surface area contributed by atoms with E-state index in [2.05, 4.69) is 112 Å². The molecule has 0 bridgehead atoms. The van der Waals surface area contributed by atoms with Gasteiger partial charge in [0.2, 0.25) is 0 Å². The molecule has 8 rings (SSSR count). The van der Waals surface area contributed by atoms with Crippen LogP contribution in [0.2, 0.25) is 0 Å². The SMILES string of the molecule is N#Cc1cc(C=N)cc(-n2c3ccccc3c3ccc4ccccc4c32)c1-n1c2ccccc2c2ccccc21. The van der Waals surface area contributed by atoms with E-state index in [9.17, 15) is 5.26 Å². The van der Waals surface area contributed by atoms with E-state index in [4.69, 9.17) is 5.41 Å². The normalized spacial score (nSPS) is 11.6. The number of hydrogen-bond acceptors (Lipinski definition) is 2. The van der Waals surface area contributed by atoms with Crippen LogP contribution in [-0.2, 0) is 0 Å². The van der Waals surface area contributed by atoms with E-state index in [1.165, 1.54) is 6.21 Å². The molecule has 0 saturated heterocycles. The van der Waals surface area contributed by atoms with Gasteiger partial charge in [-0.05, 0) is 41.3 Å². The van der Waals surface area contributed by atoms with Crippen LogP contribution in [0.4, 0.5) is 0 Å². The molecular formula is C36H22N4. The van der Waals surface area contributed by atoms with Crippen molar-refractivity contribution >= 4 is 60.6 Å². The van der Waals surface area contributed by atoms with Crippen LogP contribution < -0.4 is 0 Å². The van der Waals surface area contributed by atoms with Crippen molar-refractivity contribution in [2.75, 3.05) is 0 Å². The highest BCUT2D eigenvalue weighted by Gasteiger charge is 2.23. The molecular weight excluding hydrogens is 488 g/mol. The van der Waals surface area contributed by atoms with E-state index in [0.717, 1.165) is 65.8 Å². The van der Waals surface area contributed by atoms with Crippen LogP contribution in [0.5, 0.6) is 0 Å². The molecule has 0 aliphatic rings. The van der Waals surface area contributed by atoms with E-state index in [0.29, 0.717) is 11.1 Å². The second kappa shape index (κ2) is 8.42. The molecule has 2 heterocycles. The van der Waals surface area contributed by atoms with E-state index in [1.54, 1.807) is 0 Å². The first kappa shape index (κ1) is 22.3. The van der Waals surface area contributed by atoms with E-state index < -0.39 is 0 Å². The maximum absolute atomic E-state index is 10.6. The Balaban J connectivity index is 1.65. The Morgan fingerprint density at radius 3 is 1.75 bits per heavy atom. The van der Waals surface area contributed by atoms with Crippen LogP contribution >= 0.6 is 0 Å². The lowest BCUT2D eigenvalue weighted by molar-refractivity contribution is 1.09. The third-order valence-electron chi connectivity index (χ3n) is 8.00. The monoisotopic (exact) mass is 510 g/mol. The zero-order valence-corrected chi connectivity index (χ0v) is 21.5. The third-order valence-corrected chi connectivity index (χ3v) is 8.00. The molecule has 0 atom stereocenters. The van der Waals surface area contributed by atoms with Crippen LogP contribution in [0.25, 0.3) is 65.8 Å². The molecule has 0 amide bonds. The molecule has 0 aliphatic carbocycles. The van der Waals surface area contributed by atoms with Crippen molar-refractivity contribution in [2.45, 2.75) is 0 Å². The molecule has 8 aromatic rings. The molecule has 4 nitrogen and oxygen atoms in total. The number of hydrogen-bond donors (Lipinski definition) is 1. The lowest BCUT2D eigenvalue weighted by atomic mass is 10.0. The number of rotatable bonds is 3. The second-order valence-corrected chi connectivity index (χ2v) is 10.1. The highest BCUT2D eigenvalue weighted by atomic mass is 15.1. The molecule has 6 aromatic carbocycles. The van der Waals surface area contributed by atoms with Crippen LogP contribution in [0.3, 0.4) is 0 Å². The minimum Gasteiger partial charge on any atom is -0.308 e. The Labute approximate surface area is 230 Å². The Kier molecular flexibility index (Phi) is 4.70. The highest BCUT2D eigenvalue weighted by molar-refractivity contribution is 6.19. The molecule has 0 radical (unpaired) electrons. The van der Waals surface area contributed by atoms with Crippen molar-refractivity contribution < 1.29 is 0 Å². The fraction of sp³-hybridized carbons (Fsp3) is 0. The van der Waals surface area contributed by atoms with Crippen molar-refractivity contribution in [2.24, 2.45) is 0 Å². The predicted octanol–water partition coefficient (Wildman–Crippen LogP) is 8.90. The minimum absolute atomic E-state index is 0.522. The second-order valence-electron chi connectivity index (χ2n) is 10.1. The Morgan fingerprint density at radius 2 is 1.12 bits per heavy atom. The van der Waals surface area contributed by atoms with Gasteiger partial charge >= 0.3 is 0 Å². The van der Waals surface area contributed by atoms with Crippen molar-refractivity contribution in [3.05, 3.63) is 132 Å². The summed E-state index contributed by atoms with van der Waals surface area (Å²) in [6.45, 7) is 0. The summed E-state index contributed by atoms with van der Waals surface area (Å²) in [5.74, 6) is 0. The molecule has 40 heavy (non-hydrogen) atoms. The number of benzene rings is 6. The van der Waals surface area contributed by atoms with E-state index in [1.807, 2.05) is 24.3 Å². The predicted molar refractivity (Wildman–Crippen MR) is 165 cm³/mol. The van der Waals surface area contributed by atoms with E-state index in [-0.39, 0.29) is 0 Å². The quantitative estimate of drug-likeness (QED) is 0.237. The summed E-state index contributed by atoms with van der Waals surface area (Å²) in [5, 5.41) is 25.6. The average Bonchev–Trinajstić information content (AvgIpc) is 3.53. The van der Waals surface area contributed by atoms with Gasteiger partial charge < -0.3 is 14.5 Å². The Hall–Kier alpha value is -5.66. The summed E-state index contributed by atoms with van der Waals surface area (Å²) in [6, 6.07) is 44.3. The smallest absolute Gasteiger partial charge is 0.101 e. The Bertz CT molecular complexity index is 2310. The molecule has 0 fully saturated rings. The van der Waals surface area contributed by atoms with Gasteiger partial charge in [-0.3, -0.25) is 0 Å². The molecule has 0 saturated carbocycles.